The maximum absolute atomic E-state index is 14.0. The Labute approximate surface area is 221 Å². The number of ketones is 1. The molecule has 0 bridgehead atoms. The Morgan fingerprint density at radius 1 is 1.03 bits per heavy atom. The zero-order valence-electron chi connectivity index (χ0n) is 22.2. The van der Waals surface area contributed by atoms with Gasteiger partial charge in [0, 0.05) is 19.5 Å². The third-order valence-corrected chi connectivity index (χ3v) is 6.71. The summed E-state index contributed by atoms with van der Waals surface area (Å²) in [5.74, 6) is -1.94. The number of Topliss-reactive ketones (excluding diaryl/α,β-unsaturated/α-hetero) is 1. The van der Waals surface area contributed by atoms with E-state index in [4.69, 9.17) is 5.73 Å². The number of hydrogen-bond donors (Lipinski definition) is 2. The fourth-order valence-electron chi connectivity index (χ4n) is 4.36. The van der Waals surface area contributed by atoms with Crippen molar-refractivity contribution in [2.45, 2.75) is 64.7 Å². The van der Waals surface area contributed by atoms with Gasteiger partial charge in [-0.2, -0.15) is 24.9 Å². The van der Waals surface area contributed by atoms with Gasteiger partial charge in [0.05, 0.1) is 17.4 Å². The van der Waals surface area contributed by atoms with E-state index in [0.717, 1.165) is 0 Å². The van der Waals surface area contributed by atoms with Gasteiger partial charge in [-0.3, -0.25) is 14.4 Å². The summed E-state index contributed by atoms with van der Waals surface area (Å²) in [6.45, 7) is 8.03. The third kappa shape index (κ3) is 7.70. The number of alkyl halides is 3. The van der Waals surface area contributed by atoms with Crippen molar-refractivity contribution in [3.05, 3.63) is 24.3 Å². The van der Waals surface area contributed by atoms with Crippen molar-refractivity contribution in [2.24, 2.45) is 17.6 Å². The molecule has 208 valence electrons. The van der Waals surface area contributed by atoms with Gasteiger partial charge in [-0.05, 0) is 55.4 Å². The van der Waals surface area contributed by atoms with E-state index < -0.39 is 41.8 Å². The van der Waals surface area contributed by atoms with E-state index in [1.807, 2.05) is 34.0 Å². The second-order valence-corrected chi connectivity index (χ2v) is 11.3. The Bertz CT molecular complexity index is 906. The summed E-state index contributed by atoms with van der Waals surface area (Å²) in [5, 5.41) is 2.86. The number of anilines is 2. The Hall–Kier alpha value is -2.11. The predicted molar refractivity (Wildman–Crippen MR) is 143 cm³/mol. The Morgan fingerprint density at radius 2 is 1.51 bits per heavy atom. The molecule has 37 heavy (non-hydrogen) atoms. The van der Waals surface area contributed by atoms with Crippen molar-refractivity contribution >= 4 is 40.7 Å². The summed E-state index contributed by atoms with van der Waals surface area (Å²) >= 11 is 1.45. The first-order valence-corrected chi connectivity index (χ1v) is 14.0. The molecule has 1 atom stereocenters. The van der Waals surface area contributed by atoms with Crippen molar-refractivity contribution in [1.29, 1.82) is 0 Å². The summed E-state index contributed by atoms with van der Waals surface area (Å²) in [4.78, 5) is 44.9. The summed E-state index contributed by atoms with van der Waals surface area (Å²) in [5.41, 5.74) is 5.05. The number of nitrogens with two attached hydrogens (primary N) is 1. The maximum atomic E-state index is 14.0. The third-order valence-electron chi connectivity index (χ3n) is 6.07. The SMILES string of the molecule is CSCC[C@H](NCCCC(F)(F)F)C(=O)C1(N)C(=O)N(CC(C)C)c2ccccc2N(CC(C)C)C1=O. The van der Waals surface area contributed by atoms with Crippen LogP contribution in [0.15, 0.2) is 24.3 Å². The average Bonchev–Trinajstić information content (AvgIpc) is 2.87. The van der Waals surface area contributed by atoms with Crippen LogP contribution in [0.5, 0.6) is 0 Å². The highest BCUT2D eigenvalue weighted by molar-refractivity contribution is 7.98. The molecule has 0 fully saturated rings. The van der Waals surface area contributed by atoms with Gasteiger partial charge < -0.3 is 20.9 Å². The van der Waals surface area contributed by atoms with Gasteiger partial charge in [-0.25, -0.2) is 0 Å². The number of rotatable bonds is 13. The molecule has 2 amide bonds. The number of carbonyl (C=O) groups excluding carboxylic acids is 3. The van der Waals surface area contributed by atoms with Gasteiger partial charge >= 0.3 is 6.18 Å². The molecule has 0 aromatic heterocycles. The first kappa shape index (κ1) is 31.1. The van der Waals surface area contributed by atoms with Crippen molar-refractivity contribution in [3.8, 4) is 0 Å². The normalized spacial score (nSPS) is 16.8. The zero-order chi connectivity index (χ0) is 28.0. The van der Waals surface area contributed by atoms with E-state index in [9.17, 15) is 27.6 Å². The number of amides is 2. The molecule has 0 spiro atoms. The minimum atomic E-state index is -4.32. The Balaban J connectivity index is 2.55. The molecular weight excluding hydrogens is 505 g/mol. The van der Waals surface area contributed by atoms with Crippen LogP contribution in [0.1, 0.15) is 47.0 Å². The maximum Gasteiger partial charge on any atom is 0.389 e. The van der Waals surface area contributed by atoms with E-state index >= 15 is 0 Å². The number of thioether (sulfide) groups is 1. The highest BCUT2D eigenvalue weighted by Gasteiger charge is 2.57. The van der Waals surface area contributed by atoms with Crippen LogP contribution in [0.2, 0.25) is 0 Å². The number of para-hydroxylation sites is 2. The lowest BCUT2D eigenvalue weighted by atomic mass is 9.85. The molecule has 1 aromatic rings. The van der Waals surface area contributed by atoms with Crippen LogP contribution < -0.4 is 20.9 Å². The van der Waals surface area contributed by atoms with E-state index in [-0.39, 0.29) is 44.3 Å². The van der Waals surface area contributed by atoms with E-state index in [2.05, 4.69) is 5.32 Å². The Morgan fingerprint density at radius 3 is 1.92 bits per heavy atom. The molecule has 3 N–H and O–H groups in total. The van der Waals surface area contributed by atoms with Crippen LogP contribution in [-0.4, -0.2) is 67.0 Å². The number of hydrogen-bond acceptors (Lipinski definition) is 6. The molecule has 2 rings (SSSR count). The highest BCUT2D eigenvalue weighted by Crippen LogP contribution is 2.37. The molecule has 11 heteroatoms. The van der Waals surface area contributed by atoms with Crippen LogP contribution in [0.3, 0.4) is 0 Å². The van der Waals surface area contributed by atoms with Crippen molar-refractivity contribution < 1.29 is 27.6 Å². The molecule has 7 nitrogen and oxygen atoms in total. The Kier molecular flexibility index (Phi) is 11.0. The molecule has 1 aromatic carbocycles. The van der Waals surface area contributed by atoms with E-state index in [0.29, 0.717) is 17.1 Å². The van der Waals surface area contributed by atoms with Crippen LogP contribution in [-0.2, 0) is 14.4 Å². The monoisotopic (exact) mass is 544 g/mol. The minimum absolute atomic E-state index is 0.0101. The summed E-state index contributed by atoms with van der Waals surface area (Å²) in [7, 11) is 0. The number of carbonyl (C=O) groups is 3. The fourth-order valence-corrected chi connectivity index (χ4v) is 4.83. The van der Waals surface area contributed by atoms with E-state index in [1.165, 1.54) is 21.6 Å². The summed E-state index contributed by atoms with van der Waals surface area (Å²) < 4.78 is 37.9. The van der Waals surface area contributed by atoms with Gasteiger partial charge in [0.15, 0.2) is 5.78 Å². The zero-order valence-corrected chi connectivity index (χ0v) is 23.0. The van der Waals surface area contributed by atoms with Gasteiger partial charge in [0.25, 0.3) is 11.8 Å². The van der Waals surface area contributed by atoms with Gasteiger partial charge in [0.2, 0.25) is 5.54 Å². The van der Waals surface area contributed by atoms with Crippen molar-refractivity contribution in [3.63, 3.8) is 0 Å². The molecule has 1 aliphatic heterocycles. The second kappa shape index (κ2) is 13.1. The van der Waals surface area contributed by atoms with Crippen LogP contribution in [0.25, 0.3) is 0 Å². The topological polar surface area (TPSA) is 95.7 Å². The standard InChI is InChI=1S/C26H39F3N4O3S/c1-17(2)15-32-20-9-6-7-10-21(20)33(16-18(3)4)24(36)26(30,23(32)35)22(34)19(11-14-37-5)31-13-8-12-25(27,28)29/h6-7,9-10,17-19,31H,8,11-16,30H2,1-5H3/t19-/m0/s1. The molecule has 0 saturated carbocycles. The molecule has 0 radical (unpaired) electrons. The van der Waals surface area contributed by atoms with Gasteiger partial charge in [-0.1, -0.05) is 39.8 Å². The number of fused-ring (bicyclic) bond motifs is 1. The summed E-state index contributed by atoms with van der Waals surface area (Å²) in [6, 6.07) is 5.92. The molecule has 0 aliphatic carbocycles. The van der Waals surface area contributed by atoms with Gasteiger partial charge in [-0.15, -0.1) is 0 Å². The van der Waals surface area contributed by atoms with Crippen molar-refractivity contribution in [2.75, 3.05) is 41.4 Å². The summed E-state index contributed by atoms with van der Waals surface area (Å²) in [6.07, 6.45) is -3.52. The smallest absolute Gasteiger partial charge is 0.308 e. The minimum Gasteiger partial charge on any atom is -0.308 e. The highest BCUT2D eigenvalue weighted by atomic mass is 32.2. The fraction of sp³-hybridized carbons (Fsp3) is 0.654. The molecule has 0 saturated heterocycles. The predicted octanol–water partition coefficient (Wildman–Crippen LogP) is 4.00. The van der Waals surface area contributed by atoms with E-state index in [1.54, 1.807) is 24.3 Å². The molecule has 0 unspecified atom stereocenters. The van der Waals surface area contributed by atoms with Gasteiger partial charge in [0.1, 0.15) is 0 Å². The lowest BCUT2D eigenvalue weighted by molar-refractivity contribution is -0.142. The number of halogens is 3. The number of benzene rings is 1. The largest absolute Gasteiger partial charge is 0.389 e. The molecular formula is C26H39F3N4O3S. The van der Waals surface area contributed by atoms with Crippen LogP contribution >= 0.6 is 11.8 Å². The molecule has 1 heterocycles. The van der Waals surface area contributed by atoms with Crippen LogP contribution in [0, 0.1) is 11.8 Å². The van der Waals surface area contributed by atoms with Crippen LogP contribution in [0.4, 0.5) is 24.5 Å². The first-order valence-electron chi connectivity index (χ1n) is 12.6. The number of nitrogens with zero attached hydrogens (tertiary/aromatic N) is 2. The second-order valence-electron chi connectivity index (χ2n) is 10.3. The quantitative estimate of drug-likeness (QED) is 0.288. The van der Waals surface area contributed by atoms with Crippen molar-refractivity contribution in [1.82, 2.24) is 5.32 Å². The molecule has 1 aliphatic rings. The lowest BCUT2D eigenvalue weighted by Gasteiger charge is -2.34. The lowest BCUT2D eigenvalue weighted by Crippen LogP contribution is -2.71. The first-order chi connectivity index (χ1) is 17.2. The average molecular weight is 545 g/mol. The number of nitrogens with one attached hydrogen (secondary N) is 1.